The molecule has 0 bridgehead atoms. The highest BCUT2D eigenvalue weighted by Gasteiger charge is 2.21. The van der Waals surface area contributed by atoms with Crippen molar-refractivity contribution in [2.24, 2.45) is 11.8 Å². The van der Waals surface area contributed by atoms with Crippen molar-refractivity contribution in [1.29, 1.82) is 0 Å². The number of nitrogens with two attached hydrogens (primary N) is 1. The molecule has 1 aromatic rings. The molecule has 1 unspecified atom stereocenters. The van der Waals surface area contributed by atoms with Gasteiger partial charge in [0.15, 0.2) is 0 Å². The van der Waals surface area contributed by atoms with Gasteiger partial charge < -0.3 is 0 Å². The molecule has 3 N–H and O–H groups in total. The van der Waals surface area contributed by atoms with Gasteiger partial charge in [-0.1, -0.05) is 38.2 Å². The Morgan fingerprint density at radius 2 is 2.06 bits per heavy atom. The molecule has 0 amide bonds. The van der Waals surface area contributed by atoms with E-state index >= 15 is 0 Å². The van der Waals surface area contributed by atoms with Crippen LogP contribution in [0.5, 0.6) is 0 Å². The van der Waals surface area contributed by atoms with Gasteiger partial charge in [0.1, 0.15) is 0 Å². The summed E-state index contributed by atoms with van der Waals surface area (Å²) in [4.78, 5) is 4.57. The monoisotopic (exact) mass is 247 g/mol. The summed E-state index contributed by atoms with van der Waals surface area (Å²) >= 11 is 0. The molecular formula is C15H25N3. The number of nitrogens with zero attached hydrogens (tertiary/aromatic N) is 1. The van der Waals surface area contributed by atoms with Gasteiger partial charge >= 0.3 is 0 Å². The van der Waals surface area contributed by atoms with Crippen LogP contribution in [0.15, 0.2) is 12.3 Å². The van der Waals surface area contributed by atoms with Crippen molar-refractivity contribution >= 4 is 0 Å². The van der Waals surface area contributed by atoms with Crippen molar-refractivity contribution in [2.75, 3.05) is 0 Å². The topological polar surface area (TPSA) is 50.9 Å². The highest BCUT2D eigenvalue weighted by Crippen LogP contribution is 2.31. The smallest absolute Gasteiger partial charge is 0.0637 e. The summed E-state index contributed by atoms with van der Waals surface area (Å²) in [6.07, 6.45) is 9.91. The Labute approximate surface area is 110 Å². The van der Waals surface area contributed by atoms with Crippen molar-refractivity contribution in [2.45, 2.75) is 58.4 Å². The van der Waals surface area contributed by atoms with Crippen molar-refractivity contribution in [3.8, 4) is 0 Å². The average molecular weight is 247 g/mol. The molecule has 1 saturated carbocycles. The van der Waals surface area contributed by atoms with Crippen LogP contribution in [-0.2, 0) is 0 Å². The van der Waals surface area contributed by atoms with E-state index in [0.29, 0.717) is 0 Å². The van der Waals surface area contributed by atoms with Crippen LogP contribution in [0.4, 0.5) is 0 Å². The summed E-state index contributed by atoms with van der Waals surface area (Å²) in [7, 11) is 0. The van der Waals surface area contributed by atoms with Gasteiger partial charge in [-0.15, -0.1) is 0 Å². The van der Waals surface area contributed by atoms with Gasteiger partial charge in [0.2, 0.25) is 0 Å². The lowest BCUT2D eigenvalue weighted by molar-refractivity contribution is 0.298. The SMILES string of the molecule is Cc1cnc(C(CC2CCCCC2)NN)c(C)c1. The lowest BCUT2D eigenvalue weighted by atomic mass is 9.84. The number of hydrazine groups is 1. The van der Waals surface area contributed by atoms with Gasteiger partial charge in [0.25, 0.3) is 0 Å². The fourth-order valence-corrected chi connectivity index (χ4v) is 3.11. The first kappa shape index (κ1) is 13.5. The molecule has 3 nitrogen and oxygen atoms in total. The van der Waals surface area contributed by atoms with Crippen LogP contribution in [0, 0.1) is 19.8 Å². The molecule has 1 aliphatic rings. The minimum atomic E-state index is 0.202. The molecule has 18 heavy (non-hydrogen) atoms. The van der Waals surface area contributed by atoms with E-state index in [4.69, 9.17) is 5.84 Å². The fourth-order valence-electron chi connectivity index (χ4n) is 3.11. The van der Waals surface area contributed by atoms with E-state index in [1.807, 2.05) is 6.20 Å². The summed E-state index contributed by atoms with van der Waals surface area (Å²) in [5, 5.41) is 0. The van der Waals surface area contributed by atoms with Crippen LogP contribution >= 0.6 is 0 Å². The van der Waals surface area contributed by atoms with E-state index in [1.165, 1.54) is 43.2 Å². The van der Waals surface area contributed by atoms with Crippen LogP contribution in [0.25, 0.3) is 0 Å². The maximum Gasteiger partial charge on any atom is 0.0637 e. The minimum absolute atomic E-state index is 0.202. The fraction of sp³-hybridized carbons (Fsp3) is 0.667. The van der Waals surface area contributed by atoms with Gasteiger partial charge in [-0.3, -0.25) is 16.3 Å². The minimum Gasteiger partial charge on any atom is -0.271 e. The second-order valence-corrected chi connectivity index (χ2v) is 5.67. The third kappa shape index (κ3) is 3.30. The summed E-state index contributed by atoms with van der Waals surface area (Å²) in [6, 6.07) is 2.39. The predicted molar refractivity (Wildman–Crippen MR) is 75.0 cm³/mol. The Bertz CT molecular complexity index is 383. The zero-order valence-electron chi connectivity index (χ0n) is 11.6. The van der Waals surface area contributed by atoms with E-state index in [9.17, 15) is 0 Å². The highest BCUT2D eigenvalue weighted by atomic mass is 15.2. The summed E-state index contributed by atoms with van der Waals surface area (Å²) in [5.74, 6) is 6.55. The number of aromatic nitrogens is 1. The first-order chi connectivity index (χ1) is 8.70. The lowest BCUT2D eigenvalue weighted by Gasteiger charge is -2.26. The number of hydrogen-bond acceptors (Lipinski definition) is 3. The molecule has 1 heterocycles. The Balaban J connectivity index is 2.07. The number of nitrogens with one attached hydrogen (secondary N) is 1. The molecular weight excluding hydrogens is 222 g/mol. The summed E-state index contributed by atoms with van der Waals surface area (Å²) < 4.78 is 0. The third-order valence-corrected chi connectivity index (χ3v) is 4.08. The standard InChI is InChI=1S/C15H25N3/c1-11-8-12(2)15(17-10-11)14(18-16)9-13-6-4-3-5-7-13/h8,10,13-14,18H,3-7,9,16H2,1-2H3. The molecule has 0 aromatic carbocycles. The van der Waals surface area contributed by atoms with E-state index < -0.39 is 0 Å². The Morgan fingerprint density at radius 3 is 2.67 bits per heavy atom. The predicted octanol–water partition coefficient (Wildman–Crippen LogP) is 3.17. The molecule has 1 aliphatic carbocycles. The zero-order valence-corrected chi connectivity index (χ0v) is 11.6. The summed E-state index contributed by atoms with van der Waals surface area (Å²) in [5.41, 5.74) is 6.54. The summed E-state index contributed by atoms with van der Waals surface area (Å²) in [6.45, 7) is 4.20. The molecule has 100 valence electrons. The van der Waals surface area contributed by atoms with Gasteiger partial charge in [-0.2, -0.15) is 0 Å². The van der Waals surface area contributed by atoms with Crippen molar-refractivity contribution in [3.63, 3.8) is 0 Å². The number of rotatable bonds is 4. The number of aryl methyl sites for hydroxylation is 2. The first-order valence-corrected chi connectivity index (χ1v) is 7.10. The van der Waals surface area contributed by atoms with Gasteiger partial charge in [-0.25, -0.2) is 0 Å². The van der Waals surface area contributed by atoms with Crippen LogP contribution in [0.1, 0.15) is 61.4 Å². The molecule has 0 saturated heterocycles. The lowest BCUT2D eigenvalue weighted by Crippen LogP contribution is -2.31. The van der Waals surface area contributed by atoms with E-state index in [-0.39, 0.29) is 6.04 Å². The molecule has 1 atom stereocenters. The first-order valence-electron chi connectivity index (χ1n) is 7.10. The van der Waals surface area contributed by atoms with E-state index in [1.54, 1.807) is 0 Å². The molecule has 2 rings (SSSR count). The molecule has 1 fully saturated rings. The van der Waals surface area contributed by atoms with Crippen molar-refractivity contribution in [3.05, 3.63) is 29.1 Å². The molecule has 1 aromatic heterocycles. The molecule has 0 aliphatic heterocycles. The van der Waals surface area contributed by atoms with E-state index in [2.05, 4.69) is 30.3 Å². The van der Waals surface area contributed by atoms with Crippen LogP contribution < -0.4 is 11.3 Å². The second-order valence-electron chi connectivity index (χ2n) is 5.67. The maximum absolute atomic E-state index is 5.74. The van der Waals surface area contributed by atoms with Crippen molar-refractivity contribution in [1.82, 2.24) is 10.4 Å². The zero-order chi connectivity index (χ0) is 13.0. The maximum atomic E-state index is 5.74. The van der Waals surface area contributed by atoms with Crippen LogP contribution in [0.3, 0.4) is 0 Å². The van der Waals surface area contributed by atoms with Crippen LogP contribution in [-0.4, -0.2) is 4.98 Å². The molecule has 0 radical (unpaired) electrons. The number of hydrogen-bond donors (Lipinski definition) is 2. The van der Waals surface area contributed by atoms with Gasteiger partial charge in [0, 0.05) is 6.20 Å². The second kappa shape index (κ2) is 6.30. The normalized spacial score (nSPS) is 18.8. The highest BCUT2D eigenvalue weighted by molar-refractivity contribution is 5.25. The molecule has 3 heteroatoms. The average Bonchev–Trinajstić information content (AvgIpc) is 2.38. The largest absolute Gasteiger partial charge is 0.271 e. The third-order valence-electron chi connectivity index (χ3n) is 4.08. The van der Waals surface area contributed by atoms with Gasteiger partial charge in [0.05, 0.1) is 11.7 Å². The Hall–Kier alpha value is -0.930. The van der Waals surface area contributed by atoms with Crippen molar-refractivity contribution < 1.29 is 0 Å². The Morgan fingerprint density at radius 1 is 1.33 bits per heavy atom. The van der Waals surface area contributed by atoms with E-state index in [0.717, 1.165) is 18.0 Å². The van der Waals surface area contributed by atoms with Crippen LogP contribution in [0.2, 0.25) is 0 Å². The Kier molecular flexibility index (Phi) is 4.72. The molecule has 0 spiro atoms. The van der Waals surface area contributed by atoms with Gasteiger partial charge in [-0.05, 0) is 37.3 Å². The quantitative estimate of drug-likeness (QED) is 0.634. The number of pyridine rings is 1.